The van der Waals surface area contributed by atoms with Crippen molar-refractivity contribution in [3.05, 3.63) is 47.2 Å². The lowest BCUT2D eigenvalue weighted by molar-refractivity contribution is 0.159. The van der Waals surface area contributed by atoms with E-state index in [0.717, 1.165) is 34.9 Å². The van der Waals surface area contributed by atoms with Crippen LogP contribution in [0.1, 0.15) is 36.5 Å². The molecule has 0 atom stereocenters. The molecule has 0 saturated carbocycles. The van der Waals surface area contributed by atoms with Gasteiger partial charge in [0.15, 0.2) is 11.6 Å². The molecule has 0 unspecified atom stereocenters. The number of benzene rings is 1. The van der Waals surface area contributed by atoms with Crippen molar-refractivity contribution >= 4 is 22.8 Å². The molecule has 138 valence electrons. The standard InChI is InChI=1S/C20H21N5O2/c1-4-5-9-27-20(26)24-19-15(11-21)12-22-25(19)17-10-14(3)16-8-6-7-13(2)18(16)23-17/h6-8,10,12H,4-5,9H2,1-3H3,(H,24,26). The van der Waals surface area contributed by atoms with E-state index in [2.05, 4.69) is 10.4 Å². The summed E-state index contributed by atoms with van der Waals surface area (Å²) in [7, 11) is 0. The normalized spacial score (nSPS) is 10.6. The molecule has 0 radical (unpaired) electrons. The average molecular weight is 363 g/mol. The molecular formula is C20H21N5O2. The number of hydrogen-bond acceptors (Lipinski definition) is 5. The van der Waals surface area contributed by atoms with Gasteiger partial charge >= 0.3 is 6.09 Å². The van der Waals surface area contributed by atoms with Gasteiger partial charge in [-0.05, 0) is 37.5 Å². The van der Waals surface area contributed by atoms with Gasteiger partial charge in [-0.3, -0.25) is 5.32 Å². The van der Waals surface area contributed by atoms with Crippen molar-refractivity contribution in [3.63, 3.8) is 0 Å². The number of nitrogens with zero attached hydrogens (tertiary/aromatic N) is 4. The molecule has 0 fully saturated rings. The molecule has 0 aliphatic heterocycles. The zero-order valence-electron chi connectivity index (χ0n) is 15.6. The Morgan fingerprint density at radius 1 is 1.33 bits per heavy atom. The van der Waals surface area contributed by atoms with E-state index >= 15 is 0 Å². The number of fused-ring (bicyclic) bond motifs is 1. The molecule has 0 spiro atoms. The van der Waals surface area contributed by atoms with Gasteiger partial charge in [-0.1, -0.05) is 31.5 Å². The van der Waals surface area contributed by atoms with Gasteiger partial charge < -0.3 is 4.74 Å². The van der Waals surface area contributed by atoms with Gasteiger partial charge in [-0.15, -0.1) is 0 Å². The van der Waals surface area contributed by atoms with Gasteiger partial charge in [0, 0.05) is 5.39 Å². The molecule has 0 aliphatic carbocycles. The number of para-hydroxylation sites is 1. The van der Waals surface area contributed by atoms with Crippen LogP contribution in [0.15, 0.2) is 30.5 Å². The highest BCUT2D eigenvalue weighted by atomic mass is 16.5. The smallest absolute Gasteiger partial charge is 0.412 e. The Morgan fingerprint density at radius 2 is 2.15 bits per heavy atom. The number of pyridine rings is 1. The van der Waals surface area contributed by atoms with Crippen LogP contribution in [0.3, 0.4) is 0 Å². The van der Waals surface area contributed by atoms with Crippen LogP contribution in [0.4, 0.5) is 10.6 Å². The van der Waals surface area contributed by atoms with Crippen LogP contribution in [-0.2, 0) is 4.74 Å². The third-order valence-corrected chi connectivity index (χ3v) is 4.29. The number of carbonyl (C=O) groups is 1. The predicted octanol–water partition coefficient (Wildman–Crippen LogP) is 4.26. The van der Waals surface area contributed by atoms with Crippen molar-refractivity contribution in [1.82, 2.24) is 14.8 Å². The quantitative estimate of drug-likeness (QED) is 0.684. The summed E-state index contributed by atoms with van der Waals surface area (Å²) in [5.74, 6) is 0.776. The molecular weight excluding hydrogens is 342 g/mol. The van der Waals surface area contributed by atoms with E-state index in [-0.39, 0.29) is 11.4 Å². The first-order chi connectivity index (χ1) is 13.0. The first-order valence-electron chi connectivity index (χ1n) is 8.84. The molecule has 27 heavy (non-hydrogen) atoms. The van der Waals surface area contributed by atoms with Gasteiger partial charge in [0.1, 0.15) is 11.6 Å². The van der Waals surface area contributed by atoms with E-state index in [4.69, 9.17) is 9.72 Å². The van der Waals surface area contributed by atoms with Crippen LogP contribution in [-0.4, -0.2) is 27.5 Å². The molecule has 7 nitrogen and oxygen atoms in total. The molecule has 0 bridgehead atoms. The highest BCUT2D eigenvalue weighted by Crippen LogP contribution is 2.25. The second-order valence-electron chi connectivity index (χ2n) is 6.31. The molecule has 0 saturated heterocycles. The number of unbranched alkanes of at least 4 members (excludes halogenated alkanes) is 1. The minimum atomic E-state index is -0.615. The summed E-state index contributed by atoms with van der Waals surface area (Å²) in [5.41, 5.74) is 3.17. The number of anilines is 1. The Hall–Kier alpha value is -3.40. The van der Waals surface area contributed by atoms with E-state index in [0.29, 0.717) is 12.4 Å². The summed E-state index contributed by atoms with van der Waals surface area (Å²) in [6.07, 6.45) is 2.49. The zero-order chi connectivity index (χ0) is 19.4. The summed E-state index contributed by atoms with van der Waals surface area (Å²) in [6.45, 7) is 6.32. The van der Waals surface area contributed by atoms with Crippen LogP contribution in [0.5, 0.6) is 0 Å². The number of aromatic nitrogens is 3. The maximum atomic E-state index is 12.1. The molecule has 1 amide bonds. The Kier molecular flexibility index (Phi) is 5.36. The highest BCUT2D eigenvalue weighted by Gasteiger charge is 2.17. The highest BCUT2D eigenvalue weighted by molar-refractivity contribution is 5.87. The lowest BCUT2D eigenvalue weighted by Gasteiger charge is -2.12. The van der Waals surface area contributed by atoms with E-state index in [1.54, 1.807) is 0 Å². The Labute approximate surface area is 157 Å². The van der Waals surface area contributed by atoms with Gasteiger partial charge in [-0.25, -0.2) is 9.78 Å². The van der Waals surface area contributed by atoms with Crippen molar-refractivity contribution in [2.24, 2.45) is 0 Å². The van der Waals surface area contributed by atoms with Crippen molar-refractivity contribution in [2.75, 3.05) is 11.9 Å². The minimum Gasteiger partial charge on any atom is -0.449 e. The topological polar surface area (TPSA) is 92.8 Å². The minimum absolute atomic E-state index is 0.242. The summed E-state index contributed by atoms with van der Waals surface area (Å²) >= 11 is 0. The second kappa shape index (κ2) is 7.87. The maximum Gasteiger partial charge on any atom is 0.412 e. The average Bonchev–Trinajstić information content (AvgIpc) is 3.05. The van der Waals surface area contributed by atoms with Crippen molar-refractivity contribution < 1.29 is 9.53 Å². The number of rotatable bonds is 5. The van der Waals surface area contributed by atoms with E-state index in [1.165, 1.54) is 10.9 Å². The summed E-state index contributed by atoms with van der Waals surface area (Å²) in [6, 6.07) is 9.92. The summed E-state index contributed by atoms with van der Waals surface area (Å²) in [4.78, 5) is 16.8. The van der Waals surface area contributed by atoms with Crippen molar-refractivity contribution in [2.45, 2.75) is 33.6 Å². The fourth-order valence-corrected chi connectivity index (χ4v) is 2.82. The van der Waals surface area contributed by atoms with E-state index in [9.17, 15) is 10.1 Å². The number of carbonyl (C=O) groups excluding carboxylic acids is 1. The molecule has 1 aromatic carbocycles. The molecule has 3 aromatic rings. The molecule has 2 heterocycles. The Bertz CT molecular complexity index is 1030. The number of nitrogens with one attached hydrogen (secondary N) is 1. The first-order valence-corrected chi connectivity index (χ1v) is 8.84. The van der Waals surface area contributed by atoms with Gasteiger partial charge in [0.2, 0.25) is 0 Å². The first kappa shape index (κ1) is 18.4. The fourth-order valence-electron chi connectivity index (χ4n) is 2.82. The number of nitriles is 1. The number of amides is 1. The lowest BCUT2D eigenvalue weighted by atomic mass is 10.1. The van der Waals surface area contributed by atoms with E-state index in [1.807, 2.05) is 51.1 Å². The number of ether oxygens (including phenoxy) is 1. The fraction of sp³-hybridized carbons (Fsp3) is 0.300. The van der Waals surface area contributed by atoms with Crippen LogP contribution >= 0.6 is 0 Å². The Balaban J connectivity index is 2.02. The van der Waals surface area contributed by atoms with Crippen LogP contribution in [0.2, 0.25) is 0 Å². The number of hydrogen-bond donors (Lipinski definition) is 1. The summed E-state index contributed by atoms with van der Waals surface area (Å²) < 4.78 is 6.60. The monoisotopic (exact) mass is 363 g/mol. The van der Waals surface area contributed by atoms with Gasteiger partial charge in [0.25, 0.3) is 0 Å². The molecule has 0 aliphatic rings. The SMILES string of the molecule is CCCCOC(=O)Nc1c(C#N)cnn1-c1cc(C)c2cccc(C)c2n1. The van der Waals surface area contributed by atoms with Gasteiger partial charge in [-0.2, -0.15) is 15.0 Å². The predicted molar refractivity (Wildman–Crippen MR) is 103 cm³/mol. The molecule has 2 aromatic heterocycles. The third kappa shape index (κ3) is 3.75. The molecule has 1 N–H and O–H groups in total. The van der Waals surface area contributed by atoms with Gasteiger partial charge in [0.05, 0.1) is 18.3 Å². The van der Waals surface area contributed by atoms with Crippen molar-refractivity contribution in [3.8, 4) is 11.9 Å². The largest absolute Gasteiger partial charge is 0.449 e. The zero-order valence-corrected chi connectivity index (χ0v) is 15.6. The lowest BCUT2D eigenvalue weighted by Crippen LogP contribution is -2.18. The van der Waals surface area contributed by atoms with Crippen LogP contribution in [0, 0.1) is 25.2 Å². The van der Waals surface area contributed by atoms with Crippen LogP contribution in [0.25, 0.3) is 16.7 Å². The van der Waals surface area contributed by atoms with Crippen LogP contribution < -0.4 is 5.32 Å². The maximum absolute atomic E-state index is 12.1. The number of aryl methyl sites for hydroxylation is 2. The van der Waals surface area contributed by atoms with E-state index < -0.39 is 6.09 Å². The Morgan fingerprint density at radius 3 is 2.89 bits per heavy atom. The molecule has 7 heteroatoms. The van der Waals surface area contributed by atoms with Crippen molar-refractivity contribution in [1.29, 1.82) is 5.26 Å². The third-order valence-electron chi connectivity index (χ3n) is 4.29. The second-order valence-corrected chi connectivity index (χ2v) is 6.31. The molecule has 3 rings (SSSR count). The summed E-state index contributed by atoms with van der Waals surface area (Å²) in [5, 5.41) is 17.3.